The minimum atomic E-state index is -3.84. The number of anilines is 1. The smallest absolute Gasteiger partial charge is 0.374 e. The van der Waals surface area contributed by atoms with Crippen molar-refractivity contribution in [2.45, 2.75) is 37.7 Å². The quantitative estimate of drug-likeness (QED) is 0.518. The van der Waals surface area contributed by atoms with E-state index in [9.17, 15) is 13.2 Å². The Labute approximate surface area is 190 Å². The number of hydrogen-bond donors (Lipinski definition) is 0. The van der Waals surface area contributed by atoms with Gasteiger partial charge in [-0.05, 0) is 50.3 Å². The van der Waals surface area contributed by atoms with E-state index in [0.717, 1.165) is 28.9 Å². The molecule has 170 valence electrons. The average Bonchev–Trinajstić information content (AvgIpc) is 3.45. The summed E-state index contributed by atoms with van der Waals surface area (Å²) in [5, 5.41) is 0.888. The van der Waals surface area contributed by atoms with Crippen molar-refractivity contribution in [1.82, 2.24) is 14.3 Å². The van der Waals surface area contributed by atoms with Crippen molar-refractivity contribution in [2.75, 3.05) is 37.7 Å². The van der Waals surface area contributed by atoms with E-state index in [1.54, 1.807) is 24.6 Å². The minimum absolute atomic E-state index is 0.116. The number of carbonyl (C=O) groups excluding carboxylic acids is 1. The summed E-state index contributed by atoms with van der Waals surface area (Å²) in [5.74, 6) is 0.106. The number of piperazine rings is 1. The van der Waals surface area contributed by atoms with Gasteiger partial charge in [0.1, 0.15) is 17.0 Å². The molecule has 2 aliphatic rings. The minimum Gasteiger partial charge on any atom is -0.460 e. The number of esters is 1. The van der Waals surface area contributed by atoms with Crippen LogP contribution in [-0.4, -0.2) is 61.4 Å². The highest BCUT2D eigenvalue weighted by Crippen LogP contribution is 2.39. The van der Waals surface area contributed by atoms with Crippen LogP contribution in [0.4, 0.5) is 5.82 Å². The monoisotopic (exact) mass is 476 g/mol. The van der Waals surface area contributed by atoms with Crippen LogP contribution >= 0.6 is 11.3 Å². The Balaban J connectivity index is 1.34. The van der Waals surface area contributed by atoms with E-state index in [1.807, 2.05) is 0 Å². The third-order valence-electron chi connectivity index (χ3n) is 5.92. The van der Waals surface area contributed by atoms with Crippen molar-refractivity contribution >= 4 is 43.4 Å². The molecule has 1 aliphatic carbocycles. The van der Waals surface area contributed by atoms with Crippen molar-refractivity contribution < 1.29 is 22.4 Å². The van der Waals surface area contributed by atoms with Crippen LogP contribution in [0.15, 0.2) is 28.0 Å². The summed E-state index contributed by atoms with van der Waals surface area (Å²) in [6.45, 7) is 3.50. The van der Waals surface area contributed by atoms with Gasteiger partial charge in [-0.15, -0.1) is 11.3 Å². The molecular formula is C21H24N4O5S2. The van der Waals surface area contributed by atoms with Gasteiger partial charge in [-0.2, -0.15) is 4.31 Å². The fourth-order valence-corrected chi connectivity index (χ4v) is 6.91. The maximum absolute atomic E-state index is 13.0. The van der Waals surface area contributed by atoms with Crippen molar-refractivity contribution in [3.63, 3.8) is 0 Å². The summed E-state index contributed by atoms with van der Waals surface area (Å²) >= 11 is 1.75. The average molecular weight is 477 g/mol. The predicted molar refractivity (Wildman–Crippen MR) is 120 cm³/mol. The molecule has 0 radical (unpaired) electrons. The molecule has 0 bridgehead atoms. The van der Waals surface area contributed by atoms with Crippen molar-refractivity contribution in [1.29, 1.82) is 0 Å². The standard InChI is InChI=1S/C21H24N4O5S2/c1-2-29-21(26)15-7-8-17(30-15)32(27,28)25-11-9-24(10-12-25)19-18-14-5-3-4-6-16(14)31-20(18)23-13-22-19/h7-8,13H,2-6,9-12H2,1H3. The first-order chi connectivity index (χ1) is 15.5. The van der Waals surface area contributed by atoms with E-state index >= 15 is 0 Å². The number of rotatable bonds is 5. The molecule has 0 spiro atoms. The highest BCUT2D eigenvalue weighted by molar-refractivity contribution is 7.89. The molecule has 5 rings (SSSR count). The zero-order valence-corrected chi connectivity index (χ0v) is 19.4. The highest BCUT2D eigenvalue weighted by Gasteiger charge is 2.33. The normalized spacial score (nSPS) is 17.5. The lowest BCUT2D eigenvalue weighted by molar-refractivity contribution is 0.0483. The Hall–Kier alpha value is -2.50. The number of carbonyl (C=O) groups is 1. The molecule has 1 fully saturated rings. The molecule has 3 aromatic rings. The van der Waals surface area contributed by atoms with Crippen molar-refractivity contribution in [3.05, 3.63) is 34.7 Å². The molecule has 0 N–H and O–H groups in total. The van der Waals surface area contributed by atoms with Gasteiger partial charge in [0.2, 0.25) is 10.9 Å². The molecule has 3 aromatic heterocycles. The van der Waals surface area contributed by atoms with Gasteiger partial charge in [0, 0.05) is 31.1 Å². The Morgan fingerprint density at radius 3 is 2.72 bits per heavy atom. The number of aromatic nitrogens is 2. The summed E-state index contributed by atoms with van der Waals surface area (Å²) in [4.78, 5) is 25.4. The summed E-state index contributed by atoms with van der Waals surface area (Å²) in [6.07, 6.45) is 6.13. The van der Waals surface area contributed by atoms with Gasteiger partial charge in [-0.1, -0.05) is 0 Å². The Morgan fingerprint density at radius 2 is 1.94 bits per heavy atom. The fourth-order valence-electron chi connectivity index (χ4n) is 4.35. The lowest BCUT2D eigenvalue weighted by Gasteiger charge is -2.34. The molecule has 1 saturated heterocycles. The molecule has 0 aromatic carbocycles. The van der Waals surface area contributed by atoms with Crippen LogP contribution in [-0.2, 0) is 27.6 Å². The van der Waals surface area contributed by atoms with Crippen molar-refractivity contribution in [2.24, 2.45) is 0 Å². The van der Waals surface area contributed by atoms with Crippen molar-refractivity contribution in [3.8, 4) is 0 Å². The Bertz CT molecular complexity index is 1260. The van der Waals surface area contributed by atoms with Gasteiger partial charge in [-0.3, -0.25) is 0 Å². The second-order valence-electron chi connectivity index (χ2n) is 7.82. The highest BCUT2D eigenvalue weighted by atomic mass is 32.2. The molecule has 0 amide bonds. The molecule has 0 saturated carbocycles. The van der Waals surface area contributed by atoms with E-state index in [1.165, 1.54) is 39.7 Å². The zero-order chi connectivity index (χ0) is 22.3. The second kappa shape index (κ2) is 8.45. The maximum atomic E-state index is 13.0. The third kappa shape index (κ3) is 3.67. The maximum Gasteiger partial charge on any atom is 0.374 e. The summed E-state index contributed by atoms with van der Waals surface area (Å²) in [6, 6.07) is 2.64. The van der Waals surface area contributed by atoms with Crippen LogP contribution in [0.1, 0.15) is 40.8 Å². The number of ether oxygens (including phenoxy) is 1. The number of sulfonamides is 1. The first-order valence-electron chi connectivity index (χ1n) is 10.8. The van der Waals surface area contributed by atoms with Crippen LogP contribution in [0.25, 0.3) is 10.2 Å². The largest absolute Gasteiger partial charge is 0.460 e. The second-order valence-corrected chi connectivity index (χ2v) is 10.8. The van der Waals surface area contributed by atoms with E-state index in [2.05, 4.69) is 14.9 Å². The van der Waals surface area contributed by atoms with E-state index < -0.39 is 16.0 Å². The number of hydrogen-bond acceptors (Lipinski definition) is 9. The van der Waals surface area contributed by atoms with Crippen LogP contribution in [0, 0.1) is 0 Å². The lowest BCUT2D eigenvalue weighted by Crippen LogP contribution is -2.49. The molecule has 11 heteroatoms. The summed E-state index contributed by atoms with van der Waals surface area (Å²) < 4.78 is 37.6. The van der Waals surface area contributed by atoms with E-state index in [-0.39, 0.29) is 17.5 Å². The van der Waals surface area contributed by atoms with Gasteiger partial charge >= 0.3 is 5.97 Å². The van der Waals surface area contributed by atoms with Crippen LogP contribution in [0.2, 0.25) is 0 Å². The summed E-state index contributed by atoms with van der Waals surface area (Å²) in [7, 11) is -3.84. The Morgan fingerprint density at radius 1 is 1.16 bits per heavy atom. The van der Waals surface area contributed by atoms with Gasteiger partial charge in [0.15, 0.2) is 0 Å². The van der Waals surface area contributed by atoms with Gasteiger partial charge in [0.05, 0.1) is 12.0 Å². The van der Waals surface area contributed by atoms with Crippen LogP contribution in [0.3, 0.4) is 0 Å². The lowest BCUT2D eigenvalue weighted by atomic mass is 9.97. The Kier molecular flexibility index (Phi) is 5.64. The SMILES string of the molecule is CCOC(=O)c1ccc(S(=O)(=O)N2CCN(c3ncnc4sc5c(c34)CCCC5)CC2)o1. The van der Waals surface area contributed by atoms with Crippen LogP contribution < -0.4 is 4.90 Å². The first-order valence-corrected chi connectivity index (χ1v) is 13.0. The number of aryl methyl sites for hydroxylation is 2. The molecule has 1 aliphatic heterocycles. The number of fused-ring (bicyclic) bond motifs is 3. The molecule has 9 nitrogen and oxygen atoms in total. The number of nitrogens with zero attached hydrogens (tertiary/aromatic N) is 4. The third-order valence-corrected chi connectivity index (χ3v) is 8.89. The molecule has 0 atom stereocenters. The zero-order valence-electron chi connectivity index (χ0n) is 17.7. The molecule has 32 heavy (non-hydrogen) atoms. The van der Waals surface area contributed by atoms with Crippen LogP contribution in [0.5, 0.6) is 0 Å². The van der Waals surface area contributed by atoms with E-state index in [4.69, 9.17) is 9.15 Å². The molecular weight excluding hydrogens is 452 g/mol. The number of thiophene rings is 1. The summed E-state index contributed by atoms with van der Waals surface area (Å²) in [5.41, 5.74) is 1.36. The van der Waals surface area contributed by atoms with Gasteiger partial charge < -0.3 is 14.1 Å². The number of furan rings is 1. The van der Waals surface area contributed by atoms with Gasteiger partial charge in [0.25, 0.3) is 10.0 Å². The first kappa shape index (κ1) is 21.4. The van der Waals surface area contributed by atoms with E-state index in [0.29, 0.717) is 26.2 Å². The fraction of sp³-hybridized carbons (Fsp3) is 0.476. The van der Waals surface area contributed by atoms with Gasteiger partial charge in [-0.25, -0.2) is 23.2 Å². The molecule has 0 unspecified atom stereocenters. The molecule has 4 heterocycles. The topological polar surface area (TPSA) is 106 Å². The predicted octanol–water partition coefficient (Wildman–Crippen LogP) is 2.85.